The van der Waals surface area contributed by atoms with E-state index in [2.05, 4.69) is 14.8 Å². The van der Waals surface area contributed by atoms with E-state index in [9.17, 15) is 13.2 Å². The lowest BCUT2D eigenvalue weighted by atomic mass is 10.4. The summed E-state index contributed by atoms with van der Waals surface area (Å²) in [6.07, 6.45) is 2.93. The summed E-state index contributed by atoms with van der Waals surface area (Å²) in [4.78, 5) is 14.5. The highest BCUT2D eigenvalue weighted by molar-refractivity contribution is 7.92. The maximum Gasteiger partial charge on any atom is 0.325 e. The number of hydrogen-bond acceptors (Lipinski definition) is 5. The number of aromatic nitrogens is 3. The molecule has 8 nitrogen and oxygen atoms in total. The van der Waals surface area contributed by atoms with Gasteiger partial charge in [0, 0.05) is 12.4 Å². The Kier molecular flexibility index (Phi) is 3.94. The van der Waals surface area contributed by atoms with Crippen molar-refractivity contribution in [3.8, 4) is 0 Å². The predicted molar refractivity (Wildman–Crippen MR) is 74.4 cm³/mol. The summed E-state index contributed by atoms with van der Waals surface area (Å²) in [5, 5.41) is 12.8. The van der Waals surface area contributed by atoms with E-state index in [1.807, 2.05) is 0 Å². The van der Waals surface area contributed by atoms with Crippen LogP contribution in [-0.4, -0.2) is 34.3 Å². The van der Waals surface area contributed by atoms with Crippen molar-refractivity contribution < 1.29 is 18.3 Å². The van der Waals surface area contributed by atoms with Gasteiger partial charge < -0.3 is 5.11 Å². The second-order valence-corrected chi connectivity index (χ2v) is 6.01. The van der Waals surface area contributed by atoms with Gasteiger partial charge >= 0.3 is 5.97 Å². The first-order valence-electron chi connectivity index (χ1n) is 6.00. The molecule has 0 amide bonds. The summed E-state index contributed by atoms with van der Waals surface area (Å²) in [5.41, 5.74) is 0.890. The van der Waals surface area contributed by atoms with Crippen LogP contribution in [0.25, 0.3) is 0 Å². The number of nitrogens with one attached hydrogen (secondary N) is 1. The van der Waals surface area contributed by atoms with Gasteiger partial charge in [-0.1, -0.05) is 0 Å². The van der Waals surface area contributed by atoms with Crippen LogP contribution in [0.5, 0.6) is 0 Å². The van der Waals surface area contributed by atoms with Gasteiger partial charge in [-0.2, -0.15) is 5.10 Å². The minimum Gasteiger partial charge on any atom is -0.480 e. The molecule has 21 heavy (non-hydrogen) atoms. The van der Waals surface area contributed by atoms with Gasteiger partial charge in [-0.25, -0.2) is 8.42 Å². The maximum absolute atomic E-state index is 12.4. The quantitative estimate of drug-likeness (QED) is 0.843. The fourth-order valence-electron chi connectivity index (χ4n) is 1.98. The third kappa shape index (κ3) is 3.19. The van der Waals surface area contributed by atoms with Crippen LogP contribution in [0.15, 0.2) is 29.4 Å². The number of carboxylic acids is 1. The molecule has 0 radical (unpaired) electrons. The molecule has 112 valence electrons. The Morgan fingerprint density at radius 1 is 1.33 bits per heavy atom. The van der Waals surface area contributed by atoms with Gasteiger partial charge in [0.1, 0.15) is 11.4 Å². The smallest absolute Gasteiger partial charge is 0.325 e. The van der Waals surface area contributed by atoms with Gasteiger partial charge in [0.15, 0.2) is 0 Å². The van der Waals surface area contributed by atoms with Crippen LogP contribution >= 0.6 is 0 Å². The number of sulfonamides is 1. The van der Waals surface area contributed by atoms with Crippen molar-refractivity contribution in [2.75, 3.05) is 4.72 Å². The summed E-state index contributed by atoms with van der Waals surface area (Å²) in [7, 11) is -3.84. The number of aliphatic carboxylic acids is 1. The van der Waals surface area contributed by atoms with E-state index in [0.29, 0.717) is 5.69 Å². The van der Waals surface area contributed by atoms with Gasteiger partial charge in [-0.05, 0) is 26.0 Å². The summed E-state index contributed by atoms with van der Waals surface area (Å²) in [6, 6.07) is 3.04. The normalized spacial score (nSPS) is 11.3. The van der Waals surface area contributed by atoms with Crippen molar-refractivity contribution in [1.29, 1.82) is 0 Å². The zero-order valence-electron chi connectivity index (χ0n) is 11.4. The Morgan fingerprint density at radius 2 is 1.95 bits per heavy atom. The molecular formula is C12H14N4O4S. The molecule has 2 rings (SSSR count). The highest BCUT2D eigenvalue weighted by atomic mass is 32.2. The van der Waals surface area contributed by atoms with Crippen molar-refractivity contribution >= 4 is 21.7 Å². The molecule has 0 saturated heterocycles. The average molecular weight is 310 g/mol. The first-order valence-corrected chi connectivity index (χ1v) is 7.48. The molecule has 0 bridgehead atoms. The van der Waals surface area contributed by atoms with Gasteiger partial charge in [-0.15, -0.1) is 0 Å². The molecule has 0 fully saturated rings. The molecule has 2 heterocycles. The molecular weight excluding hydrogens is 296 g/mol. The first-order chi connectivity index (χ1) is 9.81. The van der Waals surface area contributed by atoms with Crippen molar-refractivity contribution in [3.05, 3.63) is 35.9 Å². The third-order valence-electron chi connectivity index (χ3n) is 2.80. The van der Waals surface area contributed by atoms with Gasteiger partial charge in [0.2, 0.25) is 0 Å². The van der Waals surface area contributed by atoms with E-state index in [-0.39, 0.29) is 16.3 Å². The molecule has 0 aliphatic rings. The molecule has 9 heteroatoms. The molecule has 2 aromatic rings. The molecule has 0 aliphatic heterocycles. The van der Waals surface area contributed by atoms with Crippen LogP contribution in [0.1, 0.15) is 11.4 Å². The molecule has 0 aliphatic carbocycles. The van der Waals surface area contributed by atoms with Crippen LogP contribution in [0, 0.1) is 13.8 Å². The Hall–Kier alpha value is -2.42. The number of carboxylic acid groups (broad SMARTS) is 1. The van der Waals surface area contributed by atoms with Crippen molar-refractivity contribution in [3.63, 3.8) is 0 Å². The van der Waals surface area contributed by atoms with Crippen LogP contribution in [0.2, 0.25) is 0 Å². The highest BCUT2D eigenvalue weighted by Crippen LogP contribution is 2.22. The molecule has 2 N–H and O–H groups in total. The SMILES string of the molecule is Cc1nn(CC(=O)O)c(C)c1S(=O)(=O)Nc1ccncc1. The largest absolute Gasteiger partial charge is 0.480 e. The van der Waals surface area contributed by atoms with Crippen molar-refractivity contribution in [2.45, 2.75) is 25.3 Å². The molecule has 0 spiro atoms. The second-order valence-electron chi connectivity index (χ2n) is 4.39. The summed E-state index contributed by atoms with van der Waals surface area (Å²) in [6.45, 7) is 2.65. The molecule has 0 saturated carbocycles. The summed E-state index contributed by atoms with van der Waals surface area (Å²) in [5.74, 6) is -1.09. The Balaban J connectivity index is 2.41. The monoisotopic (exact) mass is 310 g/mol. The summed E-state index contributed by atoms with van der Waals surface area (Å²) < 4.78 is 28.4. The summed E-state index contributed by atoms with van der Waals surface area (Å²) >= 11 is 0. The number of hydrogen-bond donors (Lipinski definition) is 2. The lowest BCUT2D eigenvalue weighted by molar-refractivity contribution is -0.137. The van der Waals surface area contributed by atoms with E-state index in [0.717, 1.165) is 4.68 Å². The average Bonchev–Trinajstić information content (AvgIpc) is 2.64. The zero-order chi connectivity index (χ0) is 15.6. The van der Waals surface area contributed by atoms with Gasteiger partial charge in [-0.3, -0.25) is 19.2 Å². The van der Waals surface area contributed by atoms with Crippen LogP contribution in [0.3, 0.4) is 0 Å². The van der Waals surface area contributed by atoms with E-state index < -0.39 is 22.5 Å². The lowest BCUT2D eigenvalue weighted by Crippen LogP contribution is -2.16. The third-order valence-corrected chi connectivity index (χ3v) is 4.43. The van der Waals surface area contributed by atoms with Gasteiger partial charge in [0.25, 0.3) is 10.0 Å². The zero-order valence-corrected chi connectivity index (χ0v) is 12.3. The number of rotatable bonds is 5. The lowest BCUT2D eigenvalue weighted by Gasteiger charge is -2.08. The first kappa shape index (κ1) is 15.0. The topological polar surface area (TPSA) is 114 Å². The standard InChI is InChI=1S/C12H14N4O4S/c1-8-12(9(2)16(14-8)7-11(17)18)21(19,20)15-10-3-5-13-6-4-10/h3-6H,7H2,1-2H3,(H,13,15)(H,17,18). The van der Waals surface area contributed by atoms with E-state index in [1.54, 1.807) is 0 Å². The Morgan fingerprint density at radius 3 is 2.52 bits per heavy atom. The predicted octanol–water partition coefficient (Wildman–Crippen LogP) is 0.780. The molecule has 0 unspecified atom stereocenters. The molecule has 0 aromatic carbocycles. The van der Waals surface area contributed by atoms with Gasteiger partial charge in [0.05, 0.1) is 17.1 Å². The minimum atomic E-state index is -3.84. The number of pyridine rings is 1. The van der Waals surface area contributed by atoms with E-state index in [4.69, 9.17) is 5.11 Å². The maximum atomic E-state index is 12.4. The number of anilines is 1. The number of nitrogens with zero attached hydrogens (tertiary/aromatic N) is 3. The minimum absolute atomic E-state index is 0.0134. The van der Waals surface area contributed by atoms with E-state index in [1.165, 1.54) is 38.4 Å². The Labute approximate surface area is 121 Å². The fraction of sp³-hybridized carbons (Fsp3) is 0.250. The van der Waals surface area contributed by atoms with Crippen molar-refractivity contribution in [2.24, 2.45) is 0 Å². The number of carbonyl (C=O) groups is 1. The second kappa shape index (κ2) is 5.52. The highest BCUT2D eigenvalue weighted by Gasteiger charge is 2.25. The van der Waals surface area contributed by atoms with Crippen LogP contribution in [0.4, 0.5) is 5.69 Å². The number of aryl methyl sites for hydroxylation is 1. The van der Waals surface area contributed by atoms with E-state index >= 15 is 0 Å². The Bertz CT molecular complexity index is 768. The van der Waals surface area contributed by atoms with Crippen LogP contribution in [-0.2, 0) is 21.4 Å². The van der Waals surface area contributed by atoms with Crippen LogP contribution < -0.4 is 4.72 Å². The van der Waals surface area contributed by atoms with Crippen molar-refractivity contribution in [1.82, 2.24) is 14.8 Å². The fourth-order valence-corrected chi connectivity index (χ4v) is 3.45. The molecule has 2 aromatic heterocycles. The molecule has 0 atom stereocenters.